The van der Waals surface area contributed by atoms with Crippen molar-refractivity contribution in [2.75, 3.05) is 20.2 Å². The standard InChI is InChI=1S/C5H9N3O2/c1-10-5(9)8-4-6-2-3-7-4/h2-3H2,1H3,(H2,6,7,8,9). The van der Waals surface area contributed by atoms with E-state index in [2.05, 4.69) is 20.4 Å². The molecule has 1 heterocycles. The number of guanidine groups is 1. The lowest BCUT2D eigenvalue weighted by Crippen LogP contribution is -2.37. The number of nitrogens with zero attached hydrogens (tertiary/aromatic N) is 1. The molecule has 0 aromatic rings. The van der Waals surface area contributed by atoms with E-state index in [4.69, 9.17) is 0 Å². The third-order valence-corrected chi connectivity index (χ3v) is 1.08. The van der Waals surface area contributed by atoms with Crippen LogP contribution in [0.5, 0.6) is 0 Å². The zero-order valence-electron chi connectivity index (χ0n) is 5.68. The predicted molar refractivity (Wildman–Crippen MR) is 35.8 cm³/mol. The van der Waals surface area contributed by atoms with E-state index in [9.17, 15) is 4.79 Å². The van der Waals surface area contributed by atoms with Gasteiger partial charge in [0.05, 0.1) is 13.7 Å². The van der Waals surface area contributed by atoms with Crippen LogP contribution in [0.1, 0.15) is 0 Å². The van der Waals surface area contributed by atoms with E-state index < -0.39 is 6.09 Å². The number of rotatable bonds is 0. The lowest BCUT2D eigenvalue weighted by Gasteiger charge is -2.01. The van der Waals surface area contributed by atoms with Gasteiger partial charge in [-0.05, 0) is 0 Å². The van der Waals surface area contributed by atoms with E-state index in [0.29, 0.717) is 12.5 Å². The van der Waals surface area contributed by atoms with Gasteiger partial charge >= 0.3 is 6.09 Å². The molecule has 1 aliphatic rings. The number of aliphatic imine (C=N–C) groups is 1. The summed E-state index contributed by atoms with van der Waals surface area (Å²) in [5, 5.41) is 5.27. The Kier molecular flexibility index (Phi) is 2.09. The average molecular weight is 143 g/mol. The number of hydrogen-bond donors (Lipinski definition) is 2. The largest absolute Gasteiger partial charge is 0.453 e. The molecule has 0 spiro atoms. The van der Waals surface area contributed by atoms with Gasteiger partial charge < -0.3 is 10.1 Å². The highest BCUT2D eigenvalue weighted by Crippen LogP contribution is 1.81. The molecule has 0 saturated carbocycles. The number of carbonyl (C=O) groups is 1. The number of nitrogens with one attached hydrogen (secondary N) is 2. The zero-order chi connectivity index (χ0) is 7.40. The minimum Gasteiger partial charge on any atom is -0.453 e. The van der Waals surface area contributed by atoms with Crippen LogP contribution >= 0.6 is 0 Å². The Balaban J connectivity index is 2.30. The molecule has 0 atom stereocenters. The molecule has 0 aromatic carbocycles. The average Bonchev–Trinajstić information content (AvgIpc) is 2.40. The molecule has 2 N–H and O–H groups in total. The Morgan fingerprint density at radius 3 is 3.20 bits per heavy atom. The molecular formula is C5H9N3O2. The molecular weight excluding hydrogens is 134 g/mol. The summed E-state index contributed by atoms with van der Waals surface area (Å²) in [6.07, 6.45) is -0.492. The second-order valence-electron chi connectivity index (χ2n) is 1.77. The molecule has 5 heteroatoms. The predicted octanol–water partition coefficient (Wildman–Crippen LogP) is -0.698. The van der Waals surface area contributed by atoms with Gasteiger partial charge in [-0.1, -0.05) is 0 Å². The molecule has 1 aliphatic heterocycles. The summed E-state index contributed by atoms with van der Waals surface area (Å²) in [5.74, 6) is 0.492. The third kappa shape index (κ3) is 1.61. The van der Waals surface area contributed by atoms with Gasteiger partial charge in [-0.3, -0.25) is 10.3 Å². The minimum absolute atomic E-state index is 0.492. The first kappa shape index (κ1) is 6.85. The Morgan fingerprint density at radius 2 is 2.70 bits per heavy atom. The monoisotopic (exact) mass is 143 g/mol. The van der Waals surface area contributed by atoms with Crippen molar-refractivity contribution in [2.45, 2.75) is 0 Å². The minimum atomic E-state index is -0.492. The molecule has 1 rings (SSSR count). The van der Waals surface area contributed by atoms with Gasteiger partial charge in [0, 0.05) is 6.54 Å². The summed E-state index contributed by atoms with van der Waals surface area (Å²) in [4.78, 5) is 14.4. The van der Waals surface area contributed by atoms with Crippen molar-refractivity contribution >= 4 is 12.1 Å². The number of ether oxygens (including phenoxy) is 1. The normalized spacial score (nSPS) is 15.5. The van der Waals surface area contributed by atoms with Crippen LogP contribution in [0.3, 0.4) is 0 Å². The number of methoxy groups -OCH3 is 1. The van der Waals surface area contributed by atoms with Crippen LogP contribution < -0.4 is 10.6 Å². The first-order valence-corrected chi connectivity index (χ1v) is 2.96. The van der Waals surface area contributed by atoms with Gasteiger partial charge in [-0.2, -0.15) is 0 Å². The van der Waals surface area contributed by atoms with Crippen molar-refractivity contribution in [1.82, 2.24) is 10.6 Å². The first-order valence-electron chi connectivity index (χ1n) is 2.96. The Labute approximate surface area is 58.5 Å². The van der Waals surface area contributed by atoms with Gasteiger partial charge in [0.15, 0.2) is 0 Å². The lowest BCUT2D eigenvalue weighted by atomic mass is 10.7. The molecule has 10 heavy (non-hydrogen) atoms. The van der Waals surface area contributed by atoms with E-state index in [-0.39, 0.29) is 0 Å². The molecule has 0 bridgehead atoms. The van der Waals surface area contributed by atoms with Gasteiger partial charge in [-0.15, -0.1) is 0 Å². The van der Waals surface area contributed by atoms with Gasteiger partial charge in [0.25, 0.3) is 0 Å². The maximum Gasteiger partial charge on any atom is 0.413 e. The summed E-state index contributed by atoms with van der Waals surface area (Å²) in [6.45, 7) is 1.48. The lowest BCUT2D eigenvalue weighted by molar-refractivity contribution is 0.176. The van der Waals surface area contributed by atoms with Crippen molar-refractivity contribution in [3.63, 3.8) is 0 Å². The molecule has 0 fully saturated rings. The summed E-state index contributed by atoms with van der Waals surface area (Å²) in [7, 11) is 1.31. The Hall–Kier alpha value is -1.26. The van der Waals surface area contributed by atoms with Crippen molar-refractivity contribution in [3.8, 4) is 0 Å². The second-order valence-corrected chi connectivity index (χ2v) is 1.77. The van der Waals surface area contributed by atoms with Crippen LogP contribution in [0.15, 0.2) is 4.99 Å². The maximum atomic E-state index is 10.5. The maximum absolute atomic E-state index is 10.5. The van der Waals surface area contributed by atoms with Crippen LogP contribution in [0, 0.1) is 0 Å². The number of alkyl carbamates (subject to hydrolysis) is 1. The highest BCUT2D eigenvalue weighted by atomic mass is 16.5. The second kappa shape index (κ2) is 3.05. The molecule has 5 nitrogen and oxygen atoms in total. The SMILES string of the molecule is COC(=O)NC1=NCCN1. The zero-order valence-corrected chi connectivity index (χ0v) is 5.68. The molecule has 1 amide bonds. The van der Waals surface area contributed by atoms with E-state index in [1.807, 2.05) is 0 Å². The van der Waals surface area contributed by atoms with Crippen molar-refractivity contribution < 1.29 is 9.53 Å². The smallest absolute Gasteiger partial charge is 0.413 e. The van der Waals surface area contributed by atoms with Gasteiger partial charge in [0.1, 0.15) is 0 Å². The topological polar surface area (TPSA) is 62.7 Å². The van der Waals surface area contributed by atoms with Crippen LogP contribution in [0.25, 0.3) is 0 Å². The molecule has 0 saturated heterocycles. The summed E-state index contributed by atoms with van der Waals surface area (Å²) in [6, 6.07) is 0. The molecule has 56 valence electrons. The molecule has 0 radical (unpaired) electrons. The van der Waals surface area contributed by atoms with Gasteiger partial charge in [0.2, 0.25) is 5.96 Å². The number of amides is 1. The van der Waals surface area contributed by atoms with Crippen LogP contribution in [0.4, 0.5) is 4.79 Å². The molecule has 0 unspecified atom stereocenters. The highest BCUT2D eigenvalue weighted by molar-refractivity contribution is 5.94. The summed E-state index contributed by atoms with van der Waals surface area (Å²) < 4.78 is 4.34. The van der Waals surface area contributed by atoms with Crippen LogP contribution in [0.2, 0.25) is 0 Å². The Morgan fingerprint density at radius 1 is 1.90 bits per heavy atom. The fraction of sp³-hybridized carbons (Fsp3) is 0.600. The number of carbonyl (C=O) groups excluding carboxylic acids is 1. The highest BCUT2D eigenvalue weighted by Gasteiger charge is 2.07. The van der Waals surface area contributed by atoms with Crippen LogP contribution in [-0.4, -0.2) is 32.3 Å². The van der Waals surface area contributed by atoms with E-state index in [1.54, 1.807) is 0 Å². The summed E-state index contributed by atoms with van der Waals surface area (Å²) in [5.41, 5.74) is 0. The fourth-order valence-corrected chi connectivity index (χ4v) is 0.629. The van der Waals surface area contributed by atoms with E-state index in [0.717, 1.165) is 6.54 Å². The third-order valence-electron chi connectivity index (χ3n) is 1.08. The van der Waals surface area contributed by atoms with Crippen LogP contribution in [-0.2, 0) is 4.74 Å². The summed E-state index contributed by atoms with van der Waals surface area (Å²) >= 11 is 0. The van der Waals surface area contributed by atoms with Crippen molar-refractivity contribution in [1.29, 1.82) is 0 Å². The first-order chi connectivity index (χ1) is 4.83. The van der Waals surface area contributed by atoms with Crippen molar-refractivity contribution in [3.05, 3.63) is 0 Å². The van der Waals surface area contributed by atoms with E-state index in [1.165, 1.54) is 7.11 Å². The Bertz CT molecular complexity index is 166. The van der Waals surface area contributed by atoms with Gasteiger partial charge in [-0.25, -0.2) is 4.79 Å². The quantitative estimate of drug-likeness (QED) is 0.471. The van der Waals surface area contributed by atoms with Crippen molar-refractivity contribution in [2.24, 2.45) is 4.99 Å². The molecule has 0 aliphatic carbocycles. The fourth-order valence-electron chi connectivity index (χ4n) is 0.629. The molecule has 0 aromatic heterocycles. The number of hydrogen-bond acceptors (Lipinski definition) is 4. The van der Waals surface area contributed by atoms with E-state index >= 15 is 0 Å².